The van der Waals surface area contributed by atoms with E-state index in [1.165, 1.54) is 4.90 Å². The van der Waals surface area contributed by atoms with Crippen molar-refractivity contribution < 1.29 is 23.1 Å². The molecule has 5 rings (SSSR count). The predicted octanol–water partition coefficient (Wildman–Crippen LogP) is 4.05. The molecule has 1 saturated heterocycles. The van der Waals surface area contributed by atoms with E-state index in [1.807, 2.05) is 29.9 Å². The Morgan fingerprint density at radius 3 is 2.56 bits per heavy atom. The lowest BCUT2D eigenvalue weighted by molar-refractivity contribution is 0.119. The molecule has 0 bridgehead atoms. The molecule has 2 aromatic rings. The standard InChI is InChI=1S/C23H29N3O5S/c1-15-5-6-20-21(26(15)23(27)28)8-7-19(22(20)31-18-3-2-4-18)16-13-24-25(14-16)17-9-11-32(29,30)12-10-17/h7-8,13-15,17-18H,2-6,9-12H2,1H3,(H,27,28)/t15-/m0/s1. The number of ether oxygens (including phenoxy) is 1. The van der Waals surface area contributed by atoms with Crippen molar-refractivity contribution in [2.45, 2.75) is 70.1 Å². The van der Waals surface area contributed by atoms with E-state index in [4.69, 9.17) is 4.74 Å². The lowest BCUT2D eigenvalue weighted by Gasteiger charge is -2.36. The normalized spacial score (nSPS) is 23.4. The maximum Gasteiger partial charge on any atom is 0.412 e. The summed E-state index contributed by atoms with van der Waals surface area (Å²) in [5, 5.41) is 14.3. The number of amides is 1. The van der Waals surface area contributed by atoms with Crippen molar-refractivity contribution in [2.75, 3.05) is 16.4 Å². The number of carbonyl (C=O) groups is 1. The van der Waals surface area contributed by atoms with E-state index < -0.39 is 15.9 Å². The van der Waals surface area contributed by atoms with Crippen molar-refractivity contribution in [3.8, 4) is 16.9 Å². The number of rotatable bonds is 4. The van der Waals surface area contributed by atoms with Gasteiger partial charge in [0.2, 0.25) is 0 Å². The molecule has 0 unspecified atom stereocenters. The van der Waals surface area contributed by atoms with Crippen molar-refractivity contribution in [3.63, 3.8) is 0 Å². The van der Waals surface area contributed by atoms with Crippen molar-refractivity contribution in [1.82, 2.24) is 9.78 Å². The topological polar surface area (TPSA) is 102 Å². The molecule has 0 radical (unpaired) electrons. The number of sulfone groups is 1. The highest BCUT2D eigenvalue weighted by molar-refractivity contribution is 7.91. The van der Waals surface area contributed by atoms with Gasteiger partial charge in [0, 0.05) is 28.9 Å². The molecule has 1 aliphatic carbocycles. The molecule has 2 fully saturated rings. The smallest absolute Gasteiger partial charge is 0.412 e. The molecule has 1 N–H and O–H groups in total. The first-order chi connectivity index (χ1) is 15.3. The summed E-state index contributed by atoms with van der Waals surface area (Å²) < 4.78 is 31.9. The second-order valence-electron chi connectivity index (χ2n) is 9.24. The minimum atomic E-state index is -2.93. The molecule has 1 amide bonds. The van der Waals surface area contributed by atoms with Gasteiger partial charge in [-0.15, -0.1) is 0 Å². The summed E-state index contributed by atoms with van der Waals surface area (Å²) in [5.74, 6) is 1.17. The lowest BCUT2D eigenvalue weighted by atomic mass is 9.91. The summed E-state index contributed by atoms with van der Waals surface area (Å²) in [6.07, 6.45) is 8.83. The van der Waals surface area contributed by atoms with Gasteiger partial charge in [0.15, 0.2) is 0 Å². The maximum atomic E-state index is 11.9. The summed E-state index contributed by atoms with van der Waals surface area (Å²) in [7, 11) is -2.93. The summed E-state index contributed by atoms with van der Waals surface area (Å²) >= 11 is 0. The van der Waals surface area contributed by atoms with Crippen LogP contribution in [0.5, 0.6) is 5.75 Å². The first kappa shape index (κ1) is 21.3. The number of hydrogen-bond acceptors (Lipinski definition) is 5. The Morgan fingerprint density at radius 1 is 1.16 bits per heavy atom. The van der Waals surface area contributed by atoms with Gasteiger partial charge in [0.25, 0.3) is 0 Å². The van der Waals surface area contributed by atoms with E-state index in [0.717, 1.165) is 54.5 Å². The van der Waals surface area contributed by atoms with Gasteiger partial charge in [-0.25, -0.2) is 13.2 Å². The Morgan fingerprint density at radius 2 is 1.91 bits per heavy atom. The molecule has 3 heterocycles. The second-order valence-corrected chi connectivity index (χ2v) is 11.5. The summed E-state index contributed by atoms with van der Waals surface area (Å²) in [6, 6.07) is 3.82. The highest BCUT2D eigenvalue weighted by atomic mass is 32.2. The van der Waals surface area contributed by atoms with Crippen LogP contribution in [-0.4, -0.2) is 53.0 Å². The Hall–Kier alpha value is -2.55. The van der Waals surface area contributed by atoms with Crippen molar-refractivity contribution >= 4 is 21.6 Å². The number of fused-ring (bicyclic) bond motifs is 1. The van der Waals surface area contributed by atoms with Crippen LogP contribution in [-0.2, 0) is 16.3 Å². The van der Waals surface area contributed by atoms with E-state index in [9.17, 15) is 18.3 Å². The average Bonchev–Trinajstić information content (AvgIpc) is 3.19. The van der Waals surface area contributed by atoms with Crippen LogP contribution < -0.4 is 9.64 Å². The van der Waals surface area contributed by atoms with Crippen LogP contribution in [0.15, 0.2) is 24.5 Å². The van der Waals surface area contributed by atoms with E-state index in [0.29, 0.717) is 18.5 Å². The maximum absolute atomic E-state index is 11.9. The Labute approximate surface area is 188 Å². The van der Waals surface area contributed by atoms with E-state index in [-0.39, 0.29) is 29.7 Å². The zero-order valence-corrected chi connectivity index (χ0v) is 19.1. The molecule has 9 heteroatoms. The van der Waals surface area contributed by atoms with Crippen LogP contribution in [0, 0.1) is 0 Å². The number of hydrogen-bond donors (Lipinski definition) is 1. The number of carboxylic acid groups (broad SMARTS) is 1. The Kier molecular flexibility index (Phi) is 5.39. The Balaban J connectivity index is 1.51. The third kappa shape index (κ3) is 3.87. The van der Waals surface area contributed by atoms with Gasteiger partial charge < -0.3 is 9.84 Å². The number of aromatic nitrogens is 2. The molecule has 1 aromatic carbocycles. The van der Waals surface area contributed by atoms with Crippen LogP contribution in [0.4, 0.5) is 10.5 Å². The fourth-order valence-electron chi connectivity index (χ4n) is 4.93. The van der Waals surface area contributed by atoms with Crippen molar-refractivity contribution in [2.24, 2.45) is 0 Å². The molecule has 2 aliphatic heterocycles. The van der Waals surface area contributed by atoms with Gasteiger partial charge in [-0.05, 0) is 64.0 Å². The monoisotopic (exact) mass is 459 g/mol. The van der Waals surface area contributed by atoms with Crippen LogP contribution in [0.2, 0.25) is 0 Å². The van der Waals surface area contributed by atoms with Crippen LogP contribution >= 0.6 is 0 Å². The molecular formula is C23H29N3O5S. The fourth-order valence-corrected chi connectivity index (χ4v) is 6.40. The molecular weight excluding hydrogens is 430 g/mol. The fraction of sp³-hybridized carbons (Fsp3) is 0.565. The number of anilines is 1. The molecule has 1 atom stereocenters. The molecule has 1 saturated carbocycles. The molecule has 8 nitrogen and oxygen atoms in total. The van der Waals surface area contributed by atoms with Crippen LogP contribution in [0.1, 0.15) is 57.1 Å². The molecule has 172 valence electrons. The first-order valence-electron chi connectivity index (χ1n) is 11.4. The van der Waals surface area contributed by atoms with Crippen molar-refractivity contribution in [1.29, 1.82) is 0 Å². The minimum absolute atomic E-state index is 0.0734. The molecule has 1 aromatic heterocycles. The second kappa shape index (κ2) is 8.10. The average molecular weight is 460 g/mol. The van der Waals surface area contributed by atoms with Crippen molar-refractivity contribution in [3.05, 3.63) is 30.1 Å². The van der Waals surface area contributed by atoms with E-state index in [2.05, 4.69) is 5.10 Å². The number of nitrogens with zero attached hydrogens (tertiary/aromatic N) is 3. The minimum Gasteiger partial charge on any atom is -0.489 e. The summed E-state index contributed by atoms with van der Waals surface area (Å²) in [6.45, 7) is 1.94. The zero-order chi connectivity index (χ0) is 22.5. The first-order valence-corrected chi connectivity index (χ1v) is 13.2. The van der Waals surface area contributed by atoms with Gasteiger partial charge in [0.05, 0.1) is 35.5 Å². The molecule has 0 spiro atoms. The Bertz CT molecular complexity index is 1120. The third-order valence-corrected chi connectivity index (χ3v) is 8.82. The van der Waals surface area contributed by atoms with Gasteiger partial charge in [-0.1, -0.05) is 0 Å². The van der Waals surface area contributed by atoms with E-state index >= 15 is 0 Å². The summed E-state index contributed by atoms with van der Waals surface area (Å²) in [5.41, 5.74) is 3.49. The van der Waals surface area contributed by atoms with Gasteiger partial charge in [0.1, 0.15) is 15.6 Å². The van der Waals surface area contributed by atoms with Gasteiger partial charge in [-0.2, -0.15) is 5.10 Å². The molecule has 32 heavy (non-hydrogen) atoms. The van der Waals surface area contributed by atoms with Gasteiger partial charge in [-0.3, -0.25) is 9.58 Å². The van der Waals surface area contributed by atoms with Crippen LogP contribution in [0.3, 0.4) is 0 Å². The highest BCUT2D eigenvalue weighted by Gasteiger charge is 2.33. The van der Waals surface area contributed by atoms with Gasteiger partial charge >= 0.3 is 6.09 Å². The van der Waals surface area contributed by atoms with Crippen LogP contribution in [0.25, 0.3) is 11.1 Å². The number of benzene rings is 1. The molecule has 3 aliphatic rings. The third-order valence-electron chi connectivity index (χ3n) is 7.10. The highest BCUT2D eigenvalue weighted by Crippen LogP contribution is 2.44. The zero-order valence-electron chi connectivity index (χ0n) is 18.2. The lowest BCUT2D eigenvalue weighted by Crippen LogP contribution is -2.41. The largest absolute Gasteiger partial charge is 0.489 e. The van der Waals surface area contributed by atoms with E-state index in [1.54, 1.807) is 6.20 Å². The SMILES string of the molecule is C[C@H]1CCc2c(ccc(-c3cnn(C4CCS(=O)(=O)CC4)c3)c2OC2CCC2)N1C(=O)O. The predicted molar refractivity (Wildman–Crippen MR) is 121 cm³/mol. The quantitative estimate of drug-likeness (QED) is 0.740. The summed E-state index contributed by atoms with van der Waals surface area (Å²) in [4.78, 5) is 13.4.